The second-order valence-electron chi connectivity index (χ2n) is 7.01. The largest absolute Gasteiger partial charge is 0.353 e. The number of hydrogen-bond acceptors (Lipinski definition) is 7. The molecule has 1 fully saturated rings. The van der Waals surface area contributed by atoms with Crippen LogP contribution in [-0.4, -0.2) is 46.0 Å². The van der Waals surface area contributed by atoms with Gasteiger partial charge in [-0.15, -0.1) is 0 Å². The van der Waals surface area contributed by atoms with Crippen LogP contribution in [0.4, 0.5) is 27.4 Å². The van der Waals surface area contributed by atoms with Gasteiger partial charge in [-0.2, -0.15) is 0 Å². The quantitative estimate of drug-likeness (QED) is 0.493. The monoisotopic (exact) mass is 408 g/mol. The van der Waals surface area contributed by atoms with Crippen LogP contribution in [0.15, 0.2) is 60.9 Å². The highest BCUT2D eigenvalue weighted by Crippen LogP contribution is 2.34. The molecule has 9 heteroatoms. The predicted octanol–water partition coefficient (Wildman–Crippen LogP) is 3.59. The van der Waals surface area contributed by atoms with Gasteiger partial charge < -0.3 is 10.2 Å². The number of piperazine rings is 1. The van der Waals surface area contributed by atoms with Gasteiger partial charge in [0, 0.05) is 32.7 Å². The molecule has 0 atom stereocenters. The molecule has 1 saturated heterocycles. The van der Waals surface area contributed by atoms with Crippen molar-refractivity contribution in [2.45, 2.75) is 6.54 Å². The van der Waals surface area contributed by atoms with Gasteiger partial charge >= 0.3 is 5.69 Å². The van der Waals surface area contributed by atoms with E-state index in [1.807, 2.05) is 23.1 Å². The van der Waals surface area contributed by atoms with E-state index in [1.54, 1.807) is 12.1 Å². The maximum Gasteiger partial charge on any atom is 0.353 e. The Bertz CT molecular complexity index is 1030. The first-order valence-electron chi connectivity index (χ1n) is 9.64. The summed E-state index contributed by atoms with van der Waals surface area (Å²) in [5, 5.41) is 14.6. The molecule has 0 aliphatic carbocycles. The van der Waals surface area contributed by atoms with Crippen LogP contribution < -0.4 is 10.2 Å². The molecule has 2 heterocycles. The van der Waals surface area contributed by atoms with Gasteiger partial charge in [-0.05, 0) is 17.7 Å². The van der Waals surface area contributed by atoms with Crippen LogP contribution in [0, 0.1) is 15.9 Å². The lowest BCUT2D eigenvalue weighted by Gasteiger charge is -2.35. The number of nitro groups is 1. The van der Waals surface area contributed by atoms with Crippen LogP contribution >= 0.6 is 0 Å². The predicted molar refractivity (Wildman–Crippen MR) is 112 cm³/mol. The summed E-state index contributed by atoms with van der Waals surface area (Å²) in [5.74, 6) is -0.295. The van der Waals surface area contributed by atoms with Crippen LogP contribution in [0.2, 0.25) is 0 Å². The highest BCUT2D eigenvalue weighted by Gasteiger charge is 2.29. The fourth-order valence-corrected chi connectivity index (χ4v) is 3.51. The number of para-hydroxylation sites is 1. The summed E-state index contributed by atoms with van der Waals surface area (Å²) in [6.45, 7) is 3.55. The second kappa shape index (κ2) is 8.83. The molecular weight excluding hydrogens is 387 g/mol. The smallest absolute Gasteiger partial charge is 0.348 e. The normalized spacial score (nSPS) is 14.5. The minimum Gasteiger partial charge on any atom is -0.348 e. The Balaban J connectivity index is 1.52. The third-order valence-electron chi connectivity index (χ3n) is 5.03. The van der Waals surface area contributed by atoms with Crippen molar-refractivity contribution in [1.29, 1.82) is 0 Å². The van der Waals surface area contributed by atoms with Gasteiger partial charge in [0.15, 0.2) is 0 Å². The molecule has 1 N–H and O–H groups in total. The Morgan fingerprint density at radius 1 is 1.00 bits per heavy atom. The zero-order chi connectivity index (χ0) is 20.9. The lowest BCUT2D eigenvalue weighted by molar-refractivity contribution is -0.383. The van der Waals surface area contributed by atoms with Crippen molar-refractivity contribution >= 4 is 23.0 Å². The highest BCUT2D eigenvalue weighted by atomic mass is 19.1. The fraction of sp³-hybridized carbons (Fsp3) is 0.238. The number of aromatic nitrogens is 2. The van der Waals surface area contributed by atoms with Crippen molar-refractivity contribution in [3.05, 3.63) is 82.4 Å². The Kier molecular flexibility index (Phi) is 5.80. The van der Waals surface area contributed by atoms with Crippen molar-refractivity contribution in [3.8, 4) is 0 Å². The second-order valence-corrected chi connectivity index (χ2v) is 7.01. The van der Waals surface area contributed by atoms with Gasteiger partial charge in [0.05, 0.1) is 10.6 Å². The van der Waals surface area contributed by atoms with Crippen molar-refractivity contribution < 1.29 is 9.31 Å². The van der Waals surface area contributed by atoms with Crippen molar-refractivity contribution in [3.63, 3.8) is 0 Å². The van der Waals surface area contributed by atoms with Gasteiger partial charge in [0.25, 0.3) is 0 Å². The molecule has 2 aromatic carbocycles. The van der Waals surface area contributed by atoms with E-state index in [0.29, 0.717) is 13.1 Å². The Morgan fingerprint density at radius 2 is 1.70 bits per heavy atom. The molecule has 0 radical (unpaired) electrons. The van der Waals surface area contributed by atoms with E-state index in [1.165, 1.54) is 24.0 Å². The SMILES string of the molecule is O=[N+]([O-])c1c(Nc2ccccc2F)ncnc1N1CCN(Cc2ccccc2)CC1. The Hall–Kier alpha value is -3.59. The zero-order valence-electron chi connectivity index (χ0n) is 16.2. The number of benzene rings is 2. The molecule has 0 bridgehead atoms. The number of anilines is 3. The first-order chi connectivity index (χ1) is 14.6. The number of nitrogens with zero attached hydrogens (tertiary/aromatic N) is 5. The molecule has 4 rings (SSSR count). The molecule has 154 valence electrons. The molecule has 3 aromatic rings. The fourth-order valence-electron chi connectivity index (χ4n) is 3.51. The molecular formula is C21H21FN6O2. The maximum absolute atomic E-state index is 14.0. The Labute approximate surface area is 173 Å². The summed E-state index contributed by atoms with van der Waals surface area (Å²) in [4.78, 5) is 23.7. The van der Waals surface area contributed by atoms with E-state index in [0.717, 1.165) is 19.6 Å². The van der Waals surface area contributed by atoms with E-state index in [-0.39, 0.29) is 23.0 Å². The molecule has 0 amide bonds. The average Bonchev–Trinajstić information content (AvgIpc) is 2.76. The number of rotatable bonds is 6. The topological polar surface area (TPSA) is 87.4 Å². The average molecular weight is 408 g/mol. The van der Waals surface area contributed by atoms with Gasteiger partial charge in [-0.25, -0.2) is 14.4 Å². The summed E-state index contributed by atoms with van der Waals surface area (Å²) in [6.07, 6.45) is 1.27. The third-order valence-corrected chi connectivity index (χ3v) is 5.03. The molecule has 1 aliphatic heterocycles. The van der Waals surface area contributed by atoms with Crippen molar-refractivity contribution in [1.82, 2.24) is 14.9 Å². The molecule has 1 aliphatic rings. The lowest BCUT2D eigenvalue weighted by Crippen LogP contribution is -2.46. The molecule has 8 nitrogen and oxygen atoms in total. The van der Waals surface area contributed by atoms with Gasteiger partial charge in [0.1, 0.15) is 12.1 Å². The van der Waals surface area contributed by atoms with E-state index in [9.17, 15) is 14.5 Å². The van der Waals surface area contributed by atoms with Crippen LogP contribution in [-0.2, 0) is 6.54 Å². The van der Waals surface area contributed by atoms with Crippen LogP contribution in [0.25, 0.3) is 0 Å². The zero-order valence-corrected chi connectivity index (χ0v) is 16.2. The number of hydrogen-bond donors (Lipinski definition) is 1. The van der Waals surface area contributed by atoms with Crippen LogP contribution in [0.1, 0.15) is 5.56 Å². The molecule has 0 saturated carbocycles. The van der Waals surface area contributed by atoms with Crippen molar-refractivity contribution in [2.75, 3.05) is 36.4 Å². The maximum atomic E-state index is 14.0. The molecule has 30 heavy (non-hydrogen) atoms. The molecule has 0 unspecified atom stereocenters. The highest BCUT2D eigenvalue weighted by molar-refractivity contribution is 5.74. The first kappa shape index (κ1) is 19.7. The van der Waals surface area contributed by atoms with Crippen LogP contribution in [0.3, 0.4) is 0 Å². The van der Waals surface area contributed by atoms with E-state index in [4.69, 9.17) is 0 Å². The summed E-state index contributed by atoms with van der Waals surface area (Å²) in [6, 6.07) is 16.2. The summed E-state index contributed by atoms with van der Waals surface area (Å²) in [7, 11) is 0. The van der Waals surface area contributed by atoms with Crippen molar-refractivity contribution in [2.24, 2.45) is 0 Å². The standard InChI is InChI=1S/C21H21FN6O2/c22-17-8-4-5-9-18(17)25-20-19(28(29)30)21(24-15-23-20)27-12-10-26(11-13-27)14-16-6-2-1-3-7-16/h1-9,15H,10-14H2,(H,23,24,25). The first-order valence-corrected chi connectivity index (χ1v) is 9.64. The summed E-state index contributed by atoms with van der Waals surface area (Å²) >= 11 is 0. The van der Waals surface area contributed by atoms with Gasteiger partial charge in [-0.1, -0.05) is 42.5 Å². The molecule has 0 spiro atoms. The van der Waals surface area contributed by atoms with E-state index in [2.05, 4.69) is 32.3 Å². The molecule has 1 aromatic heterocycles. The van der Waals surface area contributed by atoms with Gasteiger partial charge in [0.2, 0.25) is 11.6 Å². The van der Waals surface area contributed by atoms with E-state index < -0.39 is 10.7 Å². The Morgan fingerprint density at radius 3 is 2.40 bits per heavy atom. The lowest BCUT2D eigenvalue weighted by atomic mass is 10.2. The van der Waals surface area contributed by atoms with E-state index >= 15 is 0 Å². The summed E-state index contributed by atoms with van der Waals surface area (Å²) < 4.78 is 14.0. The minimum atomic E-state index is -0.519. The minimum absolute atomic E-state index is 0.0261. The number of halogens is 1. The summed E-state index contributed by atoms with van der Waals surface area (Å²) in [5.41, 5.74) is 1.10. The van der Waals surface area contributed by atoms with Crippen LogP contribution in [0.5, 0.6) is 0 Å². The number of nitrogens with one attached hydrogen (secondary N) is 1. The van der Waals surface area contributed by atoms with Gasteiger partial charge in [-0.3, -0.25) is 15.0 Å². The third kappa shape index (κ3) is 4.36.